The Bertz CT molecular complexity index is 1300. The lowest BCUT2D eigenvalue weighted by Crippen LogP contribution is -2.26. The van der Waals surface area contributed by atoms with Gasteiger partial charge in [-0.3, -0.25) is 0 Å². The maximum absolute atomic E-state index is 13.5. The zero-order chi connectivity index (χ0) is 20.6. The van der Waals surface area contributed by atoms with Gasteiger partial charge in [0.2, 0.25) is 10.0 Å². The smallest absolute Gasteiger partial charge is 0.241 e. The number of aromatic amines is 1. The van der Waals surface area contributed by atoms with Crippen molar-refractivity contribution in [3.63, 3.8) is 0 Å². The van der Waals surface area contributed by atoms with E-state index in [2.05, 4.69) is 9.71 Å². The first kappa shape index (κ1) is 19.4. The number of nitrogens with zero attached hydrogens (tertiary/aromatic N) is 1. The van der Waals surface area contributed by atoms with Gasteiger partial charge in [-0.05, 0) is 42.3 Å². The molecular weight excluding hydrogens is 389 g/mol. The van der Waals surface area contributed by atoms with Crippen molar-refractivity contribution in [2.24, 2.45) is 0 Å². The topological polar surface area (TPSA) is 65.2 Å². The minimum absolute atomic E-state index is 0.218. The summed E-state index contributed by atoms with van der Waals surface area (Å²) >= 11 is 0. The number of rotatable bonds is 6. The number of hydrogen-bond acceptors (Lipinski definition) is 3. The third-order valence-electron chi connectivity index (χ3n) is 5.05. The highest BCUT2D eigenvalue weighted by Gasteiger charge is 2.18. The number of anilines is 1. The Morgan fingerprint density at radius 3 is 2.55 bits per heavy atom. The van der Waals surface area contributed by atoms with Crippen LogP contribution in [-0.4, -0.2) is 34.0 Å². The predicted octanol–water partition coefficient (Wildman–Crippen LogP) is 4.05. The number of H-pyrrole nitrogens is 1. The molecule has 0 atom stereocenters. The van der Waals surface area contributed by atoms with Crippen LogP contribution in [0.3, 0.4) is 0 Å². The van der Waals surface area contributed by atoms with Crippen molar-refractivity contribution in [1.82, 2.24) is 9.71 Å². The van der Waals surface area contributed by atoms with E-state index in [0.717, 1.165) is 27.5 Å². The van der Waals surface area contributed by atoms with Crippen LogP contribution in [0, 0.1) is 5.82 Å². The van der Waals surface area contributed by atoms with Crippen molar-refractivity contribution >= 4 is 37.4 Å². The van der Waals surface area contributed by atoms with E-state index in [1.807, 2.05) is 43.3 Å². The fourth-order valence-corrected chi connectivity index (χ4v) is 4.90. The molecule has 0 bridgehead atoms. The molecule has 1 heterocycles. The number of nitrogens with one attached hydrogen (secondary N) is 2. The minimum Gasteiger partial charge on any atom is -0.377 e. The lowest BCUT2D eigenvalue weighted by molar-refractivity contribution is 0.582. The zero-order valence-electron chi connectivity index (χ0n) is 16.2. The van der Waals surface area contributed by atoms with Crippen LogP contribution in [0.15, 0.2) is 65.7 Å². The Morgan fingerprint density at radius 2 is 1.76 bits per heavy atom. The van der Waals surface area contributed by atoms with Crippen LogP contribution >= 0.6 is 0 Å². The van der Waals surface area contributed by atoms with Gasteiger partial charge < -0.3 is 9.88 Å². The number of sulfonamides is 1. The largest absolute Gasteiger partial charge is 0.377 e. The molecule has 0 amide bonds. The first-order valence-corrected chi connectivity index (χ1v) is 10.8. The number of aromatic nitrogens is 1. The molecule has 2 N–H and O–H groups in total. The Balaban J connectivity index is 1.59. The molecule has 1 aromatic heterocycles. The SMILES string of the molecule is CN(C)c1cccc2c(S(=O)(=O)NCCc3c[nH]c4ccc(F)cc34)cccc12. The average molecular weight is 412 g/mol. The maximum atomic E-state index is 13.5. The standard InChI is InChI=1S/C22H22FN3O2S/c1-26(2)21-7-3-6-18-17(21)5-4-8-22(18)29(27,28)25-12-11-15-14-24-20-10-9-16(23)13-19(15)20/h3-10,13-14,24-25H,11-12H2,1-2H3. The second kappa shape index (κ2) is 7.50. The Morgan fingerprint density at radius 1 is 1.00 bits per heavy atom. The van der Waals surface area contributed by atoms with Crippen LogP contribution < -0.4 is 9.62 Å². The molecule has 29 heavy (non-hydrogen) atoms. The van der Waals surface area contributed by atoms with E-state index in [-0.39, 0.29) is 17.3 Å². The molecule has 0 aliphatic heterocycles. The van der Waals surface area contributed by atoms with Gasteiger partial charge >= 0.3 is 0 Å². The summed E-state index contributed by atoms with van der Waals surface area (Å²) in [6.07, 6.45) is 2.25. The van der Waals surface area contributed by atoms with Crippen molar-refractivity contribution in [2.75, 3.05) is 25.5 Å². The molecule has 0 saturated heterocycles. The second-order valence-corrected chi connectivity index (χ2v) is 8.91. The van der Waals surface area contributed by atoms with Crippen LogP contribution in [0.5, 0.6) is 0 Å². The van der Waals surface area contributed by atoms with Crippen LogP contribution in [0.25, 0.3) is 21.7 Å². The van der Waals surface area contributed by atoms with Crippen LogP contribution in [0.2, 0.25) is 0 Å². The molecule has 7 heteroatoms. The molecule has 4 rings (SSSR count). The first-order valence-electron chi connectivity index (χ1n) is 9.31. The van der Waals surface area contributed by atoms with Gasteiger partial charge in [-0.2, -0.15) is 0 Å². The van der Waals surface area contributed by atoms with E-state index in [1.54, 1.807) is 24.4 Å². The zero-order valence-corrected chi connectivity index (χ0v) is 17.1. The number of halogens is 1. The van der Waals surface area contributed by atoms with Gasteiger partial charge in [0, 0.05) is 54.2 Å². The quantitative estimate of drug-likeness (QED) is 0.503. The molecule has 3 aromatic carbocycles. The molecule has 0 aliphatic carbocycles. The molecule has 0 spiro atoms. The summed E-state index contributed by atoms with van der Waals surface area (Å²) in [5.41, 5.74) is 2.66. The Kier molecular flexibility index (Phi) is 5.02. The van der Waals surface area contributed by atoms with Gasteiger partial charge in [-0.25, -0.2) is 17.5 Å². The monoisotopic (exact) mass is 411 g/mol. The molecular formula is C22H22FN3O2S. The van der Waals surface area contributed by atoms with Crippen molar-refractivity contribution < 1.29 is 12.8 Å². The third kappa shape index (κ3) is 3.71. The molecule has 0 aliphatic rings. The molecule has 0 saturated carbocycles. The van der Waals surface area contributed by atoms with E-state index < -0.39 is 10.0 Å². The van der Waals surface area contributed by atoms with Gasteiger partial charge in [-0.1, -0.05) is 24.3 Å². The van der Waals surface area contributed by atoms with Crippen molar-refractivity contribution in [2.45, 2.75) is 11.3 Å². The lowest BCUT2D eigenvalue weighted by atomic mass is 10.1. The van der Waals surface area contributed by atoms with E-state index in [1.165, 1.54) is 12.1 Å². The summed E-state index contributed by atoms with van der Waals surface area (Å²) in [6, 6.07) is 15.5. The summed E-state index contributed by atoms with van der Waals surface area (Å²) in [6.45, 7) is 0.218. The van der Waals surface area contributed by atoms with Crippen LogP contribution in [0.4, 0.5) is 10.1 Å². The van der Waals surface area contributed by atoms with Crippen molar-refractivity contribution in [1.29, 1.82) is 0 Å². The van der Waals surface area contributed by atoms with Crippen LogP contribution in [0.1, 0.15) is 5.56 Å². The van der Waals surface area contributed by atoms with Crippen molar-refractivity contribution in [3.8, 4) is 0 Å². The average Bonchev–Trinajstić information content (AvgIpc) is 3.09. The Hall–Kier alpha value is -2.90. The normalized spacial score (nSPS) is 12.0. The highest BCUT2D eigenvalue weighted by Crippen LogP contribution is 2.30. The van der Waals surface area contributed by atoms with E-state index in [0.29, 0.717) is 11.8 Å². The number of hydrogen-bond donors (Lipinski definition) is 2. The fourth-order valence-electron chi connectivity index (χ4n) is 3.64. The molecule has 0 radical (unpaired) electrons. The molecule has 4 aromatic rings. The number of benzene rings is 3. The summed E-state index contributed by atoms with van der Waals surface area (Å²) in [4.78, 5) is 5.30. The van der Waals surface area contributed by atoms with E-state index in [9.17, 15) is 12.8 Å². The summed E-state index contributed by atoms with van der Waals surface area (Å²) < 4.78 is 42.2. The third-order valence-corrected chi connectivity index (χ3v) is 6.57. The fraction of sp³-hybridized carbons (Fsp3) is 0.182. The lowest BCUT2D eigenvalue weighted by Gasteiger charge is -2.17. The van der Waals surface area contributed by atoms with Gasteiger partial charge in [0.25, 0.3) is 0 Å². The highest BCUT2D eigenvalue weighted by molar-refractivity contribution is 7.89. The van der Waals surface area contributed by atoms with E-state index >= 15 is 0 Å². The van der Waals surface area contributed by atoms with Crippen molar-refractivity contribution in [3.05, 3.63) is 72.2 Å². The van der Waals surface area contributed by atoms with E-state index in [4.69, 9.17) is 0 Å². The van der Waals surface area contributed by atoms with Gasteiger partial charge in [0.05, 0.1) is 4.90 Å². The minimum atomic E-state index is -3.70. The van der Waals surface area contributed by atoms with Gasteiger partial charge in [-0.15, -0.1) is 0 Å². The second-order valence-electron chi connectivity index (χ2n) is 7.17. The summed E-state index contributed by atoms with van der Waals surface area (Å²) in [5, 5.41) is 2.33. The first-order chi connectivity index (χ1) is 13.9. The summed E-state index contributed by atoms with van der Waals surface area (Å²) in [7, 11) is 0.161. The molecule has 0 fully saturated rings. The molecule has 5 nitrogen and oxygen atoms in total. The molecule has 150 valence electrons. The highest BCUT2D eigenvalue weighted by atomic mass is 32.2. The van der Waals surface area contributed by atoms with Gasteiger partial charge in [0.15, 0.2) is 0 Å². The predicted molar refractivity (Wildman–Crippen MR) is 115 cm³/mol. The van der Waals surface area contributed by atoms with Gasteiger partial charge in [0.1, 0.15) is 5.82 Å². The Labute approximate surface area is 169 Å². The van der Waals surface area contributed by atoms with Crippen LogP contribution in [-0.2, 0) is 16.4 Å². The number of fused-ring (bicyclic) bond motifs is 2. The maximum Gasteiger partial charge on any atom is 0.241 e. The summed E-state index contributed by atoms with van der Waals surface area (Å²) in [5.74, 6) is -0.314. The molecule has 0 unspecified atom stereocenters.